The molecule has 2 rings (SSSR count). The van der Waals surface area contributed by atoms with E-state index in [4.69, 9.17) is 11.5 Å². The highest BCUT2D eigenvalue weighted by Crippen LogP contribution is 2.16. The third kappa shape index (κ3) is 1.54. The van der Waals surface area contributed by atoms with Crippen molar-refractivity contribution < 1.29 is 9.59 Å². The number of nitrogens with zero attached hydrogens (tertiary/aromatic N) is 1. The van der Waals surface area contributed by atoms with Crippen LogP contribution in [0.3, 0.4) is 0 Å². The smallest absolute Gasteiger partial charge is 0.322 e. The molecule has 5 nitrogen and oxygen atoms in total. The van der Waals surface area contributed by atoms with Crippen molar-refractivity contribution in [3.8, 4) is 0 Å². The Morgan fingerprint density at radius 2 is 1.73 bits per heavy atom. The molecule has 15 heavy (non-hydrogen) atoms. The van der Waals surface area contributed by atoms with E-state index in [2.05, 4.69) is 0 Å². The summed E-state index contributed by atoms with van der Waals surface area (Å²) >= 11 is 0. The fourth-order valence-electron chi connectivity index (χ4n) is 1.42. The lowest BCUT2D eigenvalue weighted by Crippen LogP contribution is -2.17. The summed E-state index contributed by atoms with van der Waals surface area (Å²) in [4.78, 5) is 21.8. The van der Waals surface area contributed by atoms with Gasteiger partial charge in [-0.05, 0) is 17.5 Å². The van der Waals surface area contributed by atoms with Gasteiger partial charge in [-0.1, -0.05) is 6.07 Å². The second-order valence-electron chi connectivity index (χ2n) is 3.21. The van der Waals surface area contributed by atoms with Gasteiger partial charge in [-0.2, -0.15) is 0 Å². The highest BCUT2D eigenvalue weighted by molar-refractivity contribution is 5.98. The van der Waals surface area contributed by atoms with Crippen molar-refractivity contribution in [2.45, 2.75) is 0 Å². The van der Waals surface area contributed by atoms with Gasteiger partial charge in [-0.15, -0.1) is 0 Å². The molecule has 5 heteroatoms. The predicted molar refractivity (Wildman–Crippen MR) is 55.4 cm³/mol. The fourth-order valence-corrected chi connectivity index (χ4v) is 1.42. The lowest BCUT2D eigenvalue weighted by Gasteiger charge is -1.93. The summed E-state index contributed by atoms with van der Waals surface area (Å²) in [6, 6.07) is 4.38. The first kappa shape index (κ1) is 9.26. The van der Waals surface area contributed by atoms with Gasteiger partial charge in [0.15, 0.2) is 0 Å². The Balaban J connectivity index is 2.62. The van der Waals surface area contributed by atoms with Crippen molar-refractivity contribution in [3.05, 3.63) is 36.2 Å². The van der Waals surface area contributed by atoms with Crippen molar-refractivity contribution in [2.75, 3.05) is 0 Å². The summed E-state index contributed by atoms with van der Waals surface area (Å²) < 4.78 is 1.26. The predicted octanol–water partition coefficient (Wildman–Crippen LogP) is 0.667. The minimum atomic E-state index is -0.563. The van der Waals surface area contributed by atoms with Crippen LogP contribution in [0.2, 0.25) is 0 Å². The summed E-state index contributed by atoms with van der Waals surface area (Å²) in [6.45, 7) is 0. The average Bonchev–Trinajstić information content (AvgIpc) is 2.59. The third-order valence-electron chi connectivity index (χ3n) is 2.18. The molecule has 0 radical (unpaired) electrons. The second kappa shape index (κ2) is 3.13. The quantitative estimate of drug-likeness (QED) is 0.712. The van der Waals surface area contributed by atoms with Crippen LogP contribution in [-0.2, 0) is 0 Å². The van der Waals surface area contributed by atoms with Gasteiger partial charge >= 0.3 is 6.03 Å². The van der Waals surface area contributed by atoms with Crippen molar-refractivity contribution in [3.63, 3.8) is 0 Å². The molecule has 0 aliphatic carbocycles. The van der Waals surface area contributed by atoms with Gasteiger partial charge < -0.3 is 11.5 Å². The summed E-state index contributed by atoms with van der Waals surface area (Å²) in [5, 5.41) is 1.59. The molecule has 0 aliphatic heterocycles. The zero-order valence-electron chi connectivity index (χ0n) is 7.81. The molecular weight excluding hydrogens is 194 g/mol. The van der Waals surface area contributed by atoms with E-state index in [9.17, 15) is 9.59 Å². The first-order valence-electron chi connectivity index (χ1n) is 4.29. The number of amides is 2. The zero-order chi connectivity index (χ0) is 11.0. The number of aromatic nitrogens is 1. The Bertz CT molecular complexity index is 545. The van der Waals surface area contributed by atoms with E-state index in [1.165, 1.54) is 4.57 Å². The van der Waals surface area contributed by atoms with Gasteiger partial charge in [0, 0.05) is 23.3 Å². The van der Waals surface area contributed by atoms with E-state index in [-0.39, 0.29) is 0 Å². The molecule has 4 N–H and O–H groups in total. The highest BCUT2D eigenvalue weighted by Gasteiger charge is 2.05. The van der Waals surface area contributed by atoms with Crippen molar-refractivity contribution >= 4 is 22.7 Å². The maximum absolute atomic E-state index is 10.9. The van der Waals surface area contributed by atoms with Gasteiger partial charge in [0.1, 0.15) is 0 Å². The van der Waals surface area contributed by atoms with E-state index in [1.54, 1.807) is 30.6 Å². The van der Waals surface area contributed by atoms with E-state index in [0.29, 0.717) is 5.56 Å². The van der Waals surface area contributed by atoms with Crippen LogP contribution in [-0.4, -0.2) is 16.5 Å². The molecule has 2 aromatic rings. The zero-order valence-corrected chi connectivity index (χ0v) is 7.81. The highest BCUT2D eigenvalue weighted by atomic mass is 16.2. The average molecular weight is 203 g/mol. The Morgan fingerprint density at radius 3 is 2.33 bits per heavy atom. The van der Waals surface area contributed by atoms with Crippen LogP contribution >= 0.6 is 0 Å². The Kier molecular flexibility index (Phi) is 1.93. The number of nitrogens with two attached hydrogens (primary N) is 2. The molecule has 0 saturated heterocycles. The van der Waals surface area contributed by atoms with Crippen LogP contribution in [0.4, 0.5) is 4.79 Å². The summed E-state index contributed by atoms with van der Waals surface area (Å²) in [5.41, 5.74) is 10.6. The number of hydrogen-bond acceptors (Lipinski definition) is 2. The summed E-state index contributed by atoms with van der Waals surface area (Å²) in [5.74, 6) is -0.497. The topological polar surface area (TPSA) is 91.1 Å². The van der Waals surface area contributed by atoms with Crippen LogP contribution in [0.25, 0.3) is 10.8 Å². The first-order chi connectivity index (χ1) is 7.08. The minimum absolute atomic E-state index is 0.407. The van der Waals surface area contributed by atoms with Gasteiger partial charge in [0.2, 0.25) is 5.91 Å². The molecular formula is C10H9N3O2. The normalized spacial score (nSPS) is 10.4. The van der Waals surface area contributed by atoms with Crippen molar-refractivity contribution in [1.82, 2.24) is 4.57 Å². The van der Waals surface area contributed by atoms with E-state index < -0.39 is 11.9 Å². The van der Waals surface area contributed by atoms with Gasteiger partial charge in [-0.25, -0.2) is 4.79 Å². The van der Waals surface area contributed by atoms with Crippen LogP contribution in [0.15, 0.2) is 30.6 Å². The Labute approximate surface area is 85.3 Å². The second-order valence-corrected chi connectivity index (χ2v) is 3.21. The molecule has 0 spiro atoms. The molecule has 0 atom stereocenters. The van der Waals surface area contributed by atoms with E-state index in [1.807, 2.05) is 0 Å². The van der Waals surface area contributed by atoms with Gasteiger partial charge in [-0.3, -0.25) is 9.36 Å². The van der Waals surface area contributed by atoms with E-state index in [0.717, 1.165) is 10.8 Å². The number of hydrogen-bond donors (Lipinski definition) is 2. The van der Waals surface area contributed by atoms with Crippen LogP contribution in [0.5, 0.6) is 0 Å². The number of fused-ring (bicyclic) bond motifs is 1. The SMILES string of the molecule is NC(=O)c1ccc2cn(C(N)=O)cc2c1. The fraction of sp³-hybridized carbons (Fsp3) is 0. The third-order valence-corrected chi connectivity index (χ3v) is 2.18. The molecule has 0 bridgehead atoms. The summed E-state index contributed by atoms with van der Waals surface area (Å²) in [7, 11) is 0. The Hall–Kier alpha value is -2.30. The molecule has 1 aromatic heterocycles. The number of primary amides is 2. The van der Waals surface area contributed by atoms with Gasteiger partial charge in [0.05, 0.1) is 0 Å². The lowest BCUT2D eigenvalue weighted by atomic mass is 10.1. The molecule has 1 heterocycles. The maximum atomic E-state index is 10.9. The molecule has 0 saturated carbocycles. The molecule has 0 unspecified atom stereocenters. The number of rotatable bonds is 1. The first-order valence-corrected chi connectivity index (χ1v) is 4.29. The molecule has 0 aliphatic rings. The monoisotopic (exact) mass is 203 g/mol. The minimum Gasteiger partial charge on any atom is -0.366 e. The molecule has 76 valence electrons. The Morgan fingerprint density at radius 1 is 1.07 bits per heavy atom. The van der Waals surface area contributed by atoms with Crippen LogP contribution < -0.4 is 11.5 Å². The number of benzene rings is 1. The van der Waals surface area contributed by atoms with Gasteiger partial charge in [0.25, 0.3) is 0 Å². The van der Waals surface area contributed by atoms with Crippen LogP contribution in [0.1, 0.15) is 10.4 Å². The van der Waals surface area contributed by atoms with Crippen LogP contribution in [0, 0.1) is 0 Å². The lowest BCUT2D eigenvalue weighted by molar-refractivity contribution is 0.100. The maximum Gasteiger partial charge on any atom is 0.322 e. The number of carbonyl (C=O) groups excluding carboxylic acids is 2. The largest absolute Gasteiger partial charge is 0.366 e. The number of carbonyl (C=O) groups is 2. The van der Waals surface area contributed by atoms with E-state index >= 15 is 0 Å². The van der Waals surface area contributed by atoms with Crippen molar-refractivity contribution in [2.24, 2.45) is 11.5 Å². The molecule has 1 aromatic carbocycles. The summed E-state index contributed by atoms with van der Waals surface area (Å²) in [6.07, 6.45) is 3.16. The molecule has 2 amide bonds. The molecule has 0 fully saturated rings. The van der Waals surface area contributed by atoms with Crippen molar-refractivity contribution in [1.29, 1.82) is 0 Å². The standard InChI is InChI=1S/C10H9N3O2/c11-9(14)6-1-2-7-4-13(10(12)15)5-8(7)3-6/h1-5H,(H2,11,14)(H2,12,15).